The number of hydrogen-bond donors (Lipinski definition) is 0. The van der Waals surface area contributed by atoms with Gasteiger partial charge in [-0.1, -0.05) is 261 Å². The average Bonchev–Trinajstić information content (AvgIpc) is 3.33. The molecule has 0 aromatic carbocycles. The maximum absolute atomic E-state index is 12.9. The van der Waals surface area contributed by atoms with Crippen LogP contribution in [0, 0.1) is 0 Å². The molecule has 0 aliphatic heterocycles. The number of allylic oxidation sites excluding steroid dienone is 10. The third kappa shape index (κ3) is 53.9. The molecule has 0 heterocycles. The van der Waals surface area contributed by atoms with Gasteiger partial charge in [-0.25, -0.2) is 0 Å². The van der Waals surface area contributed by atoms with E-state index in [0.717, 1.165) is 83.5 Å². The van der Waals surface area contributed by atoms with Gasteiger partial charge in [0.25, 0.3) is 0 Å². The zero-order valence-electron chi connectivity index (χ0n) is 44.4. The first-order chi connectivity index (χ1) is 33.0. The first-order valence-electron chi connectivity index (χ1n) is 28.8. The molecular weight excluding hydrogens is 829 g/mol. The van der Waals surface area contributed by atoms with Crippen molar-refractivity contribution in [3.63, 3.8) is 0 Å². The van der Waals surface area contributed by atoms with Crippen LogP contribution in [0.25, 0.3) is 0 Å². The lowest BCUT2D eigenvalue weighted by molar-refractivity contribution is -0.167. The summed E-state index contributed by atoms with van der Waals surface area (Å²) < 4.78 is 16.9. The Morgan fingerprint density at radius 2 is 0.642 bits per heavy atom. The first-order valence-corrected chi connectivity index (χ1v) is 28.8. The summed E-state index contributed by atoms with van der Waals surface area (Å²) in [4.78, 5) is 38.2. The van der Waals surface area contributed by atoms with Crippen molar-refractivity contribution < 1.29 is 28.6 Å². The fourth-order valence-electron chi connectivity index (χ4n) is 8.24. The van der Waals surface area contributed by atoms with Gasteiger partial charge in [0, 0.05) is 19.3 Å². The van der Waals surface area contributed by atoms with Gasteiger partial charge in [-0.2, -0.15) is 0 Å². The van der Waals surface area contributed by atoms with Crippen molar-refractivity contribution in [3.8, 4) is 0 Å². The summed E-state index contributed by atoms with van der Waals surface area (Å²) in [6, 6.07) is 0. The summed E-state index contributed by atoms with van der Waals surface area (Å²) in [7, 11) is 0. The van der Waals surface area contributed by atoms with Gasteiger partial charge < -0.3 is 14.2 Å². The van der Waals surface area contributed by atoms with E-state index in [1.807, 2.05) is 0 Å². The molecule has 0 amide bonds. The molecule has 0 aliphatic rings. The predicted octanol–water partition coefficient (Wildman–Crippen LogP) is 19.2. The van der Waals surface area contributed by atoms with Gasteiger partial charge in [-0.3, -0.25) is 14.4 Å². The van der Waals surface area contributed by atoms with Gasteiger partial charge in [-0.05, 0) is 70.6 Å². The second kappa shape index (κ2) is 55.7. The molecule has 6 nitrogen and oxygen atoms in total. The molecule has 388 valence electrons. The highest BCUT2D eigenvalue weighted by Gasteiger charge is 2.19. The minimum Gasteiger partial charge on any atom is -0.462 e. The molecule has 67 heavy (non-hydrogen) atoms. The third-order valence-electron chi connectivity index (χ3n) is 12.6. The SMILES string of the molecule is CC\C=C/C=C\C=C/CCCCCCCCCC(=O)OCC(COC(=O)CCCCCCCCC/C=C\C/C=C\CCCCC)OC(=O)CCCCCCCCCCCCCCCCCCC. The number of carbonyl (C=O) groups excluding carboxylic acids is 3. The van der Waals surface area contributed by atoms with Crippen LogP contribution in [0.4, 0.5) is 0 Å². The van der Waals surface area contributed by atoms with E-state index in [1.54, 1.807) is 0 Å². The second-order valence-electron chi connectivity index (χ2n) is 19.2. The molecule has 0 N–H and O–H groups in total. The van der Waals surface area contributed by atoms with Crippen molar-refractivity contribution >= 4 is 17.9 Å². The van der Waals surface area contributed by atoms with Crippen LogP contribution in [0.3, 0.4) is 0 Å². The Morgan fingerprint density at radius 1 is 0.328 bits per heavy atom. The highest BCUT2D eigenvalue weighted by Crippen LogP contribution is 2.16. The van der Waals surface area contributed by atoms with E-state index in [0.29, 0.717) is 19.3 Å². The number of rotatable bonds is 52. The fourth-order valence-corrected chi connectivity index (χ4v) is 8.24. The van der Waals surface area contributed by atoms with Crippen molar-refractivity contribution in [3.05, 3.63) is 60.8 Å². The van der Waals surface area contributed by atoms with Crippen LogP contribution in [-0.2, 0) is 28.6 Å². The van der Waals surface area contributed by atoms with E-state index in [4.69, 9.17) is 14.2 Å². The summed E-state index contributed by atoms with van der Waals surface area (Å²) in [6.45, 7) is 6.50. The maximum Gasteiger partial charge on any atom is 0.306 e. The highest BCUT2D eigenvalue weighted by molar-refractivity contribution is 5.71. The van der Waals surface area contributed by atoms with Gasteiger partial charge in [0.05, 0.1) is 0 Å². The van der Waals surface area contributed by atoms with E-state index in [2.05, 4.69) is 81.5 Å². The van der Waals surface area contributed by atoms with Crippen LogP contribution in [0.2, 0.25) is 0 Å². The van der Waals surface area contributed by atoms with Crippen LogP contribution in [0.15, 0.2) is 60.8 Å². The Balaban J connectivity index is 4.38. The maximum atomic E-state index is 12.9. The Bertz CT molecular complexity index is 1210. The van der Waals surface area contributed by atoms with Crippen LogP contribution in [-0.4, -0.2) is 37.2 Å². The Labute approximate surface area is 415 Å². The van der Waals surface area contributed by atoms with E-state index >= 15 is 0 Å². The van der Waals surface area contributed by atoms with Crippen molar-refractivity contribution in [1.82, 2.24) is 0 Å². The minimum atomic E-state index is -0.781. The number of esters is 3. The normalized spacial score (nSPS) is 12.5. The molecule has 0 saturated carbocycles. The lowest BCUT2D eigenvalue weighted by Gasteiger charge is -2.18. The van der Waals surface area contributed by atoms with Gasteiger partial charge in [0.2, 0.25) is 0 Å². The lowest BCUT2D eigenvalue weighted by atomic mass is 10.0. The van der Waals surface area contributed by atoms with Crippen molar-refractivity contribution in [2.75, 3.05) is 13.2 Å². The lowest BCUT2D eigenvalue weighted by Crippen LogP contribution is -2.30. The summed E-state index contributed by atoms with van der Waals surface area (Å²) in [5.41, 5.74) is 0. The van der Waals surface area contributed by atoms with Crippen LogP contribution >= 0.6 is 0 Å². The molecule has 6 heteroatoms. The Morgan fingerprint density at radius 3 is 1.04 bits per heavy atom. The second-order valence-corrected chi connectivity index (χ2v) is 19.2. The number of unbranched alkanes of at least 4 members (excludes halogenated alkanes) is 33. The monoisotopic (exact) mass is 937 g/mol. The quantitative estimate of drug-likeness (QED) is 0.0199. The smallest absolute Gasteiger partial charge is 0.306 e. The zero-order valence-corrected chi connectivity index (χ0v) is 44.4. The summed E-state index contributed by atoms with van der Waals surface area (Å²) in [5.74, 6) is -0.886. The van der Waals surface area contributed by atoms with E-state index in [1.165, 1.54) is 167 Å². The molecule has 1 unspecified atom stereocenters. The average molecular weight is 938 g/mol. The zero-order chi connectivity index (χ0) is 48.6. The molecule has 0 rings (SSSR count). The van der Waals surface area contributed by atoms with Crippen molar-refractivity contribution in [2.45, 2.75) is 297 Å². The molecule has 0 fully saturated rings. The Kier molecular flexibility index (Phi) is 53.3. The molecule has 0 aromatic heterocycles. The predicted molar refractivity (Wildman–Crippen MR) is 288 cm³/mol. The van der Waals surface area contributed by atoms with Gasteiger partial charge in [-0.15, -0.1) is 0 Å². The van der Waals surface area contributed by atoms with Gasteiger partial charge in [0.1, 0.15) is 13.2 Å². The molecule has 1 atom stereocenters. The van der Waals surface area contributed by atoms with Crippen LogP contribution < -0.4 is 0 Å². The Hall–Kier alpha value is -2.89. The molecule has 0 spiro atoms. The number of ether oxygens (including phenoxy) is 3. The third-order valence-corrected chi connectivity index (χ3v) is 12.6. The van der Waals surface area contributed by atoms with Crippen molar-refractivity contribution in [1.29, 1.82) is 0 Å². The topological polar surface area (TPSA) is 78.9 Å². The minimum absolute atomic E-state index is 0.0800. The molecule has 0 aliphatic carbocycles. The summed E-state index contributed by atoms with van der Waals surface area (Å²) in [6.07, 6.45) is 69.2. The highest BCUT2D eigenvalue weighted by atomic mass is 16.6. The van der Waals surface area contributed by atoms with Gasteiger partial charge in [0.15, 0.2) is 6.10 Å². The van der Waals surface area contributed by atoms with E-state index < -0.39 is 6.10 Å². The van der Waals surface area contributed by atoms with Gasteiger partial charge >= 0.3 is 17.9 Å². The molecular formula is C61H108O6. The largest absolute Gasteiger partial charge is 0.462 e. The molecule has 0 saturated heterocycles. The first kappa shape index (κ1) is 64.1. The number of carbonyl (C=O) groups is 3. The van der Waals surface area contributed by atoms with Crippen molar-refractivity contribution in [2.24, 2.45) is 0 Å². The summed E-state index contributed by atoms with van der Waals surface area (Å²) >= 11 is 0. The molecule has 0 aromatic rings. The molecule has 0 radical (unpaired) electrons. The number of hydrogen-bond acceptors (Lipinski definition) is 6. The van der Waals surface area contributed by atoms with E-state index in [9.17, 15) is 14.4 Å². The van der Waals surface area contributed by atoms with E-state index in [-0.39, 0.29) is 31.1 Å². The van der Waals surface area contributed by atoms with Crippen LogP contribution in [0.5, 0.6) is 0 Å². The summed E-state index contributed by atoms with van der Waals surface area (Å²) in [5, 5.41) is 0. The molecule has 0 bridgehead atoms. The fraction of sp³-hybridized carbons (Fsp3) is 0.787. The van der Waals surface area contributed by atoms with Crippen LogP contribution in [0.1, 0.15) is 290 Å². The standard InChI is InChI=1S/C61H108O6/c1-4-7-10-13-16-19-22-25-28-30-33-36-39-42-45-48-51-54-60(63)66-57-58(56-65-59(62)53-50-47-44-41-38-35-32-27-24-21-18-15-12-9-6-3)67-61(64)55-52-49-46-43-40-37-34-31-29-26-23-20-17-14-11-8-5-2/h9,12,15-16,18-19,21,24-25,28,58H,4-8,10-11,13-14,17,20,22-23,26-27,29-57H2,1-3H3/b12-9-,18-15-,19-16-,24-21-,28-25-.